The number of aromatic nitrogens is 7. The zero-order valence-corrected chi connectivity index (χ0v) is 21.1. The van der Waals surface area contributed by atoms with Crippen molar-refractivity contribution in [3.05, 3.63) is 93.5 Å². The molecule has 13 heteroatoms. The second kappa shape index (κ2) is 9.09. The number of hydrogen-bond acceptors (Lipinski definition) is 6. The van der Waals surface area contributed by atoms with Crippen LogP contribution in [0, 0.1) is 5.92 Å². The van der Waals surface area contributed by atoms with Crippen LogP contribution >= 0.6 is 11.6 Å². The molecule has 9 nitrogen and oxygen atoms in total. The van der Waals surface area contributed by atoms with Gasteiger partial charge in [0.25, 0.3) is 5.56 Å². The predicted octanol–water partition coefficient (Wildman–Crippen LogP) is 4.92. The third kappa shape index (κ3) is 4.36. The van der Waals surface area contributed by atoms with E-state index in [4.69, 9.17) is 17.3 Å². The Morgan fingerprint density at radius 1 is 1.10 bits per heavy atom. The number of pyridine rings is 1. The van der Waals surface area contributed by atoms with Crippen LogP contribution in [0.5, 0.6) is 0 Å². The lowest BCUT2D eigenvalue weighted by Crippen LogP contribution is -2.25. The van der Waals surface area contributed by atoms with Crippen LogP contribution in [0.4, 0.5) is 18.9 Å². The van der Waals surface area contributed by atoms with Crippen molar-refractivity contribution in [3.63, 3.8) is 0 Å². The molecule has 0 fully saturated rings. The lowest BCUT2D eigenvalue weighted by molar-refractivity contribution is -0.136. The van der Waals surface area contributed by atoms with Crippen molar-refractivity contribution in [3.8, 4) is 28.1 Å². The van der Waals surface area contributed by atoms with Gasteiger partial charge >= 0.3 is 6.18 Å². The molecule has 0 saturated carbocycles. The Balaban J connectivity index is 1.39. The first-order valence-electron chi connectivity index (χ1n) is 11.9. The lowest BCUT2D eigenvalue weighted by Gasteiger charge is -2.17. The molecule has 5 aromatic rings. The highest BCUT2D eigenvalue weighted by atomic mass is 35.5. The first kappa shape index (κ1) is 24.9. The number of benzene rings is 2. The normalized spacial score (nSPS) is 16.9. The van der Waals surface area contributed by atoms with Crippen LogP contribution in [0.3, 0.4) is 0 Å². The second-order valence-corrected chi connectivity index (χ2v) is 9.90. The Labute approximate surface area is 224 Å². The summed E-state index contributed by atoms with van der Waals surface area (Å²) in [5.74, 6) is 0.469. The van der Waals surface area contributed by atoms with Crippen LogP contribution in [0.1, 0.15) is 30.0 Å². The number of nitrogens with one attached hydrogen (secondary N) is 1. The fourth-order valence-electron chi connectivity index (χ4n) is 5.16. The van der Waals surface area contributed by atoms with Crippen LogP contribution < -0.4 is 11.3 Å². The average Bonchev–Trinajstić information content (AvgIpc) is 3.63. The molecule has 2 aromatic carbocycles. The van der Waals surface area contributed by atoms with Gasteiger partial charge in [0, 0.05) is 33.6 Å². The van der Waals surface area contributed by atoms with Crippen molar-refractivity contribution in [2.75, 3.05) is 5.73 Å². The van der Waals surface area contributed by atoms with Gasteiger partial charge in [-0.2, -0.15) is 17.9 Å². The fourth-order valence-corrected chi connectivity index (χ4v) is 5.34. The number of halogens is 4. The minimum Gasteiger partial charge on any atom is -0.398 e. The zero-order chi connectivity index (χ0) is 27.5. The molecule has 3 aromatic heterocycles. The minimum atomic E-state index is -4.58. The molecule has 0 saturated heterocycles. The van der Waals surface area contributed by atoms with E-state index in [0.29, 0.717) is 45.3 Å². The monoisotopic (exact) mass is 552 g/mol. The molecule has 1 aliphatic heterocycles. The lowest BCUT2D eigenvalue weighted by atomic mass is 10.00. The van der Waals surface area contributed by atoms with Crippen molar-refractivity contribution in [2.24, 2.45) is 5.92 Å². The number of imidazole rings is 1. The summed E-state index contributed by atoms with van der Waals surface area (Å²) in [6.45, 7) is 2.00. The number of nitrogens with two attached hydrogens (primary N) is 1. The van der Waals surface area contributed by atoms with Gasteiger partial charge in [0.05, 0.1) is 29.2 Å². The van der Waals surface area contributed by atoms with Crippen molar-refractivity contribution in [1.82, 2.24) is 34.7 Å². The van der Waals surface area contributed by atoms with E-state index >= 15 is 0 Å². The largest absolute Gasteiger partial charge is 0.418 e. The predicted molar refractivity (Wildman–Crippen MR) is 138 cm³/mol. The Kier molecular flexibility index (Phi) is 5.79. The Bertz CT molecular complexity index is 1760. The molecule has 0 aliphatic carbocycles. The summed E-state index contributed by atoms with van der Waals surface area (Å²) in [5, 5.41) is 11.8. The van der Waals surface area contributed by atoms with E-state index in [9.17, 15) is 18.0 Å². The van der Waals surface area contributed by atoms with E-state index in [1.807, 2.05) is 13.0 Å². The molecular weight excluding hydrogens is 533 g/mol. The number of nitrogen functional groups attached to an aromatic ring is 1. The standard InChI is InChI=1S/C26H20ClF3N8O/c1-13-6-17-7-15(18-10-16(27)3-5-22(18)37-12-33-35-36-37)9-23(39)38(17)24(13)25-32-11-21(34-25)14-2-4-20(31)19(8-14)26(28,29)30/h2-5,7-13,24H,6,31H2,1H3,(H,32,34)/t13-,24-/m0/s1. The summed E-state index contributed by atoms with van der Waals surface area (Å²) < 4.78 is 43.3. The SMILES string of the molecule is C[C@H]1Cc2cc(-c3cc(Cl)ccc3-n3cnnn3)cc(=O)n2[C@@H]1c1ncc(-c2ccc(N)c(C(F)(F)F)c2)[nH]1. The van der Waals surface area contributed by atoms with E-state index in [-0.39, 0.29) is 17.2 Å². The van der Waals surface area contributed by atoms with E-state index < -0.39 is 17.8 Å². The molecule has 2 atom stereocenters. The summed E-state index contributed by atoms with van der Waals surface area (Å²) >= 11 is 6.28. The van der Waals surface area contributed by atoms with Gasteiger partial charge in [0.1, 0.15) is 12.2 Å². The summed E-state index contributed by atoms with van der Waals surface area (Å²) in [6, 6.07) is 12.0. The molecule has 4 heterocycles. The van der Waals surface area contributed by atoms with E-state index in [1.54, 1.807) is 22.8 Å². The highest BCUT2D eigenvalue weighted by Gasteiger charge is 2.35. The molecule has 1 aliphatic rings. The van der Waals surface area contributed by atoms with Gasteiger partial charge in [0.15, 0.2) is 0 Å². The van der Waals surface area contributed by atoms with Gasteiger partial charge in [0.2, 0.25) is 0 Å². The number of alkyl halides is 3. The highest BCUT2D eigenvalue weighted by Crippen LogP contribution is 2.39. The average molecular weight is 553 g/mol. The minimum absolute atomic E-state index is 0.0116. The second-order valence-electron chi connectivity index (χ2n) is 9.47. The van der Waals surface area contributed by atoms with Gasteiger partial charge in [-0.3, -0.25) is 4.79 Å². The van der Waals surface area contributed by atoms with Crippen molar-refractivity contribution in [1.29, 1.82) is 0 Å². The number of fused-ring (bicyclic) bond motifs is 1. The highest BCUT2D eigenvalue weighted by molar-refractivity contribution is 6.31. The maximum atomic E-state index is 13.5. The van der Waals surface area contributed by atoms with Crippen LogP contribution in [0.15, 0.2) is 65.8 Å². The van der Waals surface area contributed by atoms with Crippen LogP contribution in [-0.2, 0) is 12.6 Å². The van der Waals surface area contributed by atoms with Gasteiger partial charge < -0.3 is 15.3 Å². The third-order valence-corrected chi connectivity index (χ3v) is 7.14. The molecular formula is C26H20ClF3N8O. The number of hydrogen-bond donors (Lipinski definition) is 2. The van der Waals surface area contributed by atoms with Crippen molar-refractivity contribution < 1.29 is 13.2 Å². The number of nitrogens with zero attached hydrogens (tertiary/aromatic N) is 6. The molecule has 0 bridgehead atoms. The number of aromatic amines is 1. The molecule has 39 heavy (non-hydrogen) atoms. The smallest absolute Gasteiger partial charge is 0.398 e. The summed E-state index contributed by atoms with van der Waals surface area (Å²) in [5.41, 5.74) is 7.52. The number of H-pyrrole nitrogens is 1. The molecule has 0 unspecified atom stereocenters. The number of tetrazole rings is 1. The summed E-state index contributed by atoms with van der Waals surface area (Å²) in [6.07, 6.45) is -1.07. The van der Waals surface area contributed by atoms with Gasteiger partial charge in [-0.1, -0.05) is 24.6 Å². The Morgan fingerprint density at radius 3 is 2.67 bits per heavy atom. The van der Waals surface area contributed by atoms with Gasteiger partial charge in [-0.05, 0) is 64.7 Å². The molecule has 198 valence electrons. The summed E-state index contributed by atoms with van der Waals surface area (Å²) in [4.78, 5) is 21.1. The maximum Gasteiger partial charge on any atom is 0.418 e. The zero-order valence-electron chi connectivity index (χ0n) is 20.3. The first-order valence-corrected chi connectivity index (χ1v) is 12.3. The third-order valence-electron chi connectivity index (χ3n) is 6.91. The Morgan fingerprint density at radius 2 is 1.92 bits per heavy atom. The fraction of sp³-hybridized carbons (Fsp3) is 0.192. The molecule has 0 radical (unpaired) electrons. The molecule has 0 amide bonds. The van der Waals surface area contributed by atoms with Crippen molar-refractivity contribution >= 4 is 17.3 Å². The number of rotatable bonds is 4. The van der Waals surface area contributed by atoms with E-state index in [0.717, 1.165) is 11.8 Å². The van der Waals surface area contributed by atoms with Gasteiger partial charge in [-0.25, -0.2) is 4.98 Å². The van der Waals surface area contributed by atoms with Crippen LogP contribution in [0.2, 0.25) is 5.02 Å². The van der Waals surface area contributed by atoms with E-state index in [1.165, 1.54) is 35.4 Å². The van der Waals surface area contributed by atoms with E-state index in [2.05, 4.69) is 25.5 Å². The first-order chi connectivity index (χ1) is 18.6. The summed E-state index contributed by atoms with van der Waals surface area (Å²) in [7, 11) is 0. The quantitative estimate of drug-likeness (QED) is 0.305. The Hall–Kier alpha value is -4.45. The maximum absolute atomic E-state index is 13.5. The number of anilines is 1. The van der Waals surface area contributed by atoms with Crippen molar-refractivity contribution in [2.45, 2.75) is 25.6 Å². The molecule has 3 N–H and O–H groups in total. The van der Waals surface area contributed by atoms with Crippen LogP contribution in [0.25, 0.3) is 28.1 Å². The molecule has 0 spiro atoms. The van der Waals surface area contributed by atoms with Crippen LogP contribution in [-0.4, -0.2) is 34.7 Å². The topological polar surface area (TPSA) is 120 Å². The molecule has 6 rings (SSSR count). The van der Waals surface area contributed by atoms with Gasteiger partial charge in [-0.15, -0.1) is 5.10 Å².